The van der Waals surface area contributed by atoms with E-state index in [1.165, 1.54) is 11.1 Å². The molecule has 0 spiro atoms. The van der Waals surface area contributed by atoms with Crippen LogP contribution in [0.1, 0.15) is 18.1 Å². The van der Waals surface area contributed by atoms with Crippen LogP contribution in [0.25, 0.3) is 0 Å². The third-order valence-electron chi connectivity index (χ3n) is 4.17. The second kappa shape index (κ2) is 11.1. The molecule has 2 N–H and O–H groups in total. The average Bonchev–Trinajstić information content (AvgIpc) is 3.01. The predicted octanol–water partition coefficient (Wildman–Crippen LogP) is 2.83. The summed E-state index contributed by atoms with van der Waals surface area (Å²) in [6, 6.07) is 13.1. The Morgan fingerprint density at radius 3 is 2.48 bits per heavy atom. The van der Waals surface area contributed by atoms with Crippen molar-refractivity contribution in [2.24, 2.45) is 12.0 Å². The van der Waals surface area contributed by atoms with E-state index in [1.54, 1.807) is 7.05 Å². The molecule has 0 aliphatic rings. The lowest BCUT2D eigenvalue weighted by Crippen LogP contribution is -2.44. The third-order valence-corrected chi connectivity index (χ3v) is 4.17. The summed E-state index contributed by atoms with van der Waals surface area (Å²) < 4.78 is 2.05. The highest BCUT2D eigenvalue weighted by atomic mass is 127. The molecule has 5 nitrogen and oxygen atoms in total. The van der Waals surface area contributed by atoms with Crippen molar-refractivity contribution in [2.75, 3.05) is 20.6 Å². The van der Waals surface area contributed by atoms with Crippen LogP contribution in [0.5, 0.6) is 0 Å². The standard InChI is InChI=1S/C19H29N5.HI/c1-16(24(4)15-17-8-6-5-7-9-17)12-21-19(20-2)22-13-18-10-11-23(3)14-18;/h5-11,14,16H,12-13,15H2,1-4H3,(H2,20,21,22);1H. The Hall–Kier alpha value is -1.54. The van der Waals surface area contributed by atoms with Gasteiger partial charge >= 0.3 is 0 Å². The quantitative estimate of drug-likeness (QED) is 0.384. The van der Waals surface area contributed by atoms with Crippen molar-refractivity contribution >= 4 is 29.9 Å². The van der Waals surface area contributed by atoms with E-state index in [9.17, 15) is 0 Å². The molecule has 1 heterocycles. The van der Waals surface area contributed by atoms with Crippen molar-refractivity contribution in [1.29, 1.82) is 0 Å². The molecule has 138 valence electrons. The summed E-state index contributed by atoms with van der Waals surface area (Å²) in [4.78, 5) is 6.63. The minimum atomic E-state index is 0. The molecule has 0 bridgehead atoms. The maximum Gasteiger partial charge on any atom is 0.191 e. The first-order chi connectivity index (χ1) is 11.6. The number of guanidine groups is 1. The lowest BCUT2D eigenvalue weighted by Gasteiger charge is -2.25. The number of likely N-dealkylation sites (N-methyl/N-ethyl adjacent to an activating group) is 1. The second-order valence-corrected chi connectivity index (χ2v) is 6.24. The van der Waals surface area contributed by atoms with E-state index >= 15 is 0 Å². The van der Waals surface area contributed by atoms with Gasteiger partial charge in [0.05, 0.1) is 0 Å². The fourth-order valence-corrected chi connectivity index (χ4v) is 2.50. The molecule has 1 aromatic heterocycles. The summed E-state index contributed by atoms with van der Waals surface area (Å²) in [5.74, 6) is 0.832. The molecule has 0 saturated carbocycles. The molecule has 0 saturated heterocycles. The van der Waals surface area contributed by atoms with Crippen molar-refractivity contribution < 1.29 is 0 Å². The Labute approximate surface area is 168 Å². The summed E-state index contributed by atoms with van der Waals surface area (Å²) in [6.45, 7) is 4.78. The van der Waals surface area contributed by atoms with E-state index in [0.29, 0.717) is 6.04 Å². The Kier molecular flexibility index (Phi) is 9.59. The SMILES string of the molecule is CN=C(NCc1ccn(C)c1)NCC(C)N(C)Cc1ccccc1.I. The fourth-order valence-electron chi connectivity index (χ4n) is 2.50. The number of nitrogens with zero attached hydrogens (tertiary/aromatic N) is 3. The molecule has 2 rings (SSSR count). The molecule has 0 amide bonds. The summed E-state index contributed by atoms with van der Waals surface area (Å²) in [5.41, 5.74) is 2.58. The first-order valence-corrected chi connectivity index (χ1v) is 8.38. The minimum Gasteiger partial charge on any atom is -0.357 e. The highest BCUT2D eigenvalue weighted by Gasteiger charge is 2.10. The van der Waals surface area contributed by atoms with Crippen LogP contribution < -0.4 is 10.6 Å². The molecule has 0 fully saturated rings. The van der Waals surface area contributed by atoms with E-state index in [-0.39, 0.29) is 24.0 Å². The van der Waals surface area contributed by atoms with Gasteiger partial charge in [0, 0.05) is 52.2 Å². The Morgan fingerprint density at radius 2 is 1.88 bits per heavy atom. The number of aryl methyl sites for hydroxylation is 1. The van der Waals surface area contributed by atoms with Crippen LogP contribution in [0.15, 0.2) is 53.8 Å². The maximum absolute atomic E-state index is 4.29. The van der Waals surface area contributed by atoms with Gasteiger partial charge in [-0.3, -0.25) is 9.89 Å². The largest absolute Gasteiger partial charge is 0.357 e. The normalized spacial score (nSPS) is 12.6. The number of benzene rings is 1. The summed E-state index contributed by atoms with van der Waals surface area (Å²) in [7, 11) is 5.99. The number of halogens is 1. The van der Waals surface area contributed by atoms with Gasteiger partial charge in [0.1, 0.15) is 0 Å². The van der Waals surface area contributed by atoms with Crippen LogP contribution in [0.3, 0.4) is 0 Å². The van der Waals surface area contributed by atoms with Gasteiger partial charge in [-0.25, -0.2) is 0 Å². The monoisotopic (exact) mass is 455 g/mol. The molecule has 0 aliphatic carbocycles. The number of hydrogen-bond acceptors (Lipinski definition) is 2. The average molecular weight is 455 g/mol. The molecule has 6 heteroatoms. The van der Waals surface area contributed by atoms with Gasteiger partial charge in [-0.2, -0.15) is 0 Å². The molecule has 1 atom stereocenters. The van der Waals surface area contributed by atoms with Crippen molar-refractivity contribution in [3.05, 3.63) is 59.9 Å². The van der Waals surface area contributed by atoms with Crippen molar-refractivity contribution in [1.82, 2.24) is 20.1 Å². The second-order valence-electron chi connectivity index (χ2n) is 6.24. The van der Waals surface area contributed by atoms with Crippen LogP contribution >= 0.6 is 24.0 Å². The van der Waals surface area contributed by atoms with E-state index in [0.717, 1.165) is 25.6 Å². The van der Waals surface area contributed by atoms with Crippen molar-refractivity contribution in [3.63, 3.8) is 0 Å². The fraction of sp³-hybridized carbons (Fsp3) is 0.421. The number of rotatable bonds is 7. The van der Waals surface area contributed by atoms with Gasteiger partial charge in [-0.05, 0) is 31.2 Å². The highest BCUT2D eigenvalue weighted by Crippen LogP contribution is 2.05. The van der Waals surface area contributed by atoms with E-state index in [1.807, 2.05) is 17.8 Å². The molecule has 0 radical (unpaired) electrons. The molecular formula is C19H30IN5. The smallest absolute Gasteiger partial charge is 0.191 e. The molecule has 0 aliphatic heterocycles. The van der Waals surface area contributed by atoms with Gasteiger partial charge < -0.3 is 15.2 Å². The lowest BCUT2D eigenvalue weighted by molar-refractivity contribution is 0.249. The molecular weight excluding hydrogens is 425 g/mol. The zero-order valence-electron chi connectivity index (χ0n) is 15.6. The van der Waals surface area contributed by atoms with Gasteiger partial charge in [0.15, 0.2) is 5.96 Å². The van der Waals surface area contributed by atoms with Crippen LogP contribution in [0.2, 0.25) is 0 Å². The molecule has 25 heavy (non-hydrogen) atoms. The molecule has 1 aromatic carbocycles. The maximum atomic E-state index is 4.29. The Morgan fingerprint density at radius 1 is 1.16 bits per heavy atom. The number of hydrogen-bond donors (Lipinski definition) is 2. The third kappa shape index (κ3) is 7.48. The number of aliphatic imine (C=N–C) groups is 1. The van der Waals surface area contributed by atoms with Gasteiger partial charge in [-0.15, -0.1) is 24.0 Å². The van der Waals surface area contributed by atoms with Crippen molar-refractivity contribution in [2.45, 2.75) is 26.1 Å². The van der Waals surface area contributed by atoms with Gasteiger partial charge in [0.2, 0.25) is 0 Å². The Bertz CT molecular complexity index is 638. The topological polar surface area (TPSA) is 44.6 Å². The molecule has 2 aromatic rings. The number of nitrogens with one attached hydrogen (secondary N) is 2. The van der Waals surface area contributed by atoms with E-state index < -0.39 is 0 Å². The molecule has 1 unspecified atom stereocenters. The van der Waals surface area contributed by atoms with E-state index in [4.69, 9.17) is 0 Å². The van der Waals surface area contributed by atoms with Gasteiger partial charge in [-0.1, -0.05) is 30.3 Å². The summed E-state index contributed by atoms with van der Waals surface area (Å²) in [5, 5.41) is 6.75. The van der Waals surface area contributed by atoms with Crippen LogP contribution in [0, 0.1) is 0 Å². The zero-order valence-corrected chi connectivity index (χ0v) is 17.9. The van der Waals surface area contributed by atoms with E-state index in [2.05, 4.69) is 77.1 Å². The van der Waals surface area contributed by atoms with Gasteiger partial charge in [0.25, 0.3) is 0 Å². The predicted molar refractivity (Wildman–Crippen MR) is 116 cm³/mol. The van der Waals surface area contributed by atoms with Crippen LogP contribution in [-0.2, 0) is 20.1 Å². The zero-order chi connectivity index (χ0) is 17.4. The highest BCUT2D eigenvalue weighted by molar-refractivity contribution is 14.0. The number of aromatic nitrogens is 1. The van der Waals surface area contributed by atoms with Crippen LogP contribution in [0.4, 0.5) is 0 Å². The minimum absolute atomic E-state index is 0. The lowest BCUT2D eigenvalue weighted by atomic mass is 10.2. The Balaban J connectivity index is 0.00000312. The van der Waals surface area contributed by atoms with Crippen molar-refractivity contribution in [3.8, 4) is 0 Å². The summed E-state index contributed by atoms with van der Waals surface area (Å²) >= 11 is 0. The van der Waals surface area contributed by atoms with Crippen LogP contribution in [-0.4, -0.2) is 42.1 Å². The summed E-state index contributed by atoms with van der Waals surface area (Å²) in [6.07, 6.45) is 4.16. The first-order valence-electron chi connectivity index (χ1n) is 8.38. The first kappa shape index (κ1) is 21.5.